The molecular weight excluding hydrogens is 406 g/mol. The van der Waals surface area contributed by atoms with E-state index >= 15 is 0 Å². The Morgan fingerprint density at radius 1 is 1.26 bits per heavy atom. The van der Waals surface area contributed by atoms with Crippen molar-refractivity contribution in [2.75, 3.05) is 5.73 Å². The highest BCUT2D eigenvalue weighted by molar-refractivity contribution is 6.04. The second-order valence-electron chi connectivity index (χ2n) is 7.68. The predicted octanol–water partition coefficient (Wildman–Crippen LogP) is 3.56. The summed E-state index contributed by atoms with van der Waals surface area (Å²) in [5.41, 5.74) is 7.13. The third-order valence-electron chi connectivity index (χ3n) is 5.63. The number of aryl methyl sites for hydroxylation is 1. The molecule has 158 valence electrons. The average Bonchev–Trinajstić information content (AvgIpc) is 3.48. The van der Waals surface area contributed by atoms with Crippen molar-refractivity contribution >= 4 is 34.1 Å². The number of hydrogen-bond acceptors (Lipinski definition) is 5. The molecular formula is C22H18F2N4O3. The van der Waals surface area contributed by atoms with Gasteiger partial charge in [0.25, 0.3) is 5.56 Å². The Kier molecular flexibility index (Phi) is 4.28. The van der Waals surface area contributed by atoms with Crippen LogP contribution in [0.3, 0.4) is 0 Å². The lowest BCUT2D eigenvalue weighted by atomic mass is 9.96. The zero-order valence-corrected chi connectivity index (χ0v) is 16.5. The van der Waals surface area contributed by atoms with Gasteiger partial charge in [0.1, 0.15) is 11.6 Å². The van der Waals surface area contributed by atoms with Gasteiger partial charge in [-0.3, -0.25) is 9.59 Å². The summed E-state index contributed by atoms with van der Waals surface area (Å²) < 4.78 is 36.2. The molecule has 0 unspecified atom stereocenters. The molecule has 9 heteroatoms. The second-order valence-corrected chi connectivity index (χ2v) is 7.68. The number of nitrogens with one attached hydrogen (secondary N) is 1. The highest BCUT2D eigenvalue weighted by Gasteiger charge is 2.30. The topological polar surface area (TPSA) is 103 Å². The third-order valence-corrected chi connectivity index (χ3v) is 5.63. The number of nitrogen functional groups attached to an aromatic ring is 1. The molecule has 0 bridgehead atoms. The fourth-order valence-electron chi connectivity index (χ4n) is 4.05. The Morgan fingerprint density at radius 3 is 2.74 bits per heavy atom. The normalized spacial score (nSPS) is 13.8. The Hall–Kier alpha value is -3.75. The van der Waals surface area contributed by atoms with E-state index in [1.165, 1.54) is 0 Å². The van der Waals surface area contributed by atoms with Crippen LogP contribution in [0.4, 0.5) is 14.5 Å². The molecule has 2 aromatic heterocycles. The summed E-state index contributed by atoms with van der Waals surface area (Å²) in [5.74, 6) is -1.15. The maximum atomic E-state index is 14.6. The average molecular weight is 424 g/mol. The number of rotatable bonds is 5. The van der Waals surface area contributed by atoms with Crippen molar-refractivity contribution in [1.29, 1.82) is 0 Å². The Morgan fingerprint density at radius 2 is 2.03 bits per heavy atom. The summed E-state index contributed by atoms with van der Waals surface area (Å²) in [4.78, 5) is 28.2. The van der Waals surface area contributed by atoms with Crippen LogP contribution in [0.15, 0.2) is 33.5 Å². The summed E-state index contributed by atoms with van der Waals surface area (Å²) in [6.07, 6.45) is 2.20. The van der Waals surface area contributed by atoms with E-state index < -0.39 is 11.6 Å². The first kappa shape index (κ1) is 19.2. The van der Waals surface area contributed by atoms with Crippen molar-refractivity contribution in [1.82, 2.24) is 14.9 Å². The number of benzene rings is 2. The molecule has 7 nitrogen and oxygen atoms in total. The van der Waals surface area contributed by atoms with Crippen LogP contribution in [-0.2, 0) is 11.3 Å². The fraction of sp³-hybridized carbons (Fsp3) is 0.227. The molecule has 2 aromatic carbocycles. The van der Waals surface area contributed by atoms with E-state index in [9.17, 15) is 18.4 Å². The summed E-state index contributed by atoms with van der Waals surface area (Å²) >= 11 is 0. The van der Waals surface area contributed by atoms with Crippen LogP contribution in [0, 0.1) is 18.6 Å². The van der Waals surface area contributed by atoms with Gasteiger partial charge in [0.05, 0.1) is 17.7 Å². The van der Waals surface area contributed by atoms with E-state index in [0.29, 0.717) is 34.0 Å². The molecule has 2 heterocycles. The van der Waals surface area contributed by atoms with Crippen LogP contribution in [0.25, 0.3) is 33.1 Å². The molecule has 5 rings (SSSR count). The summed E-state index contributed by atoms with van der Waals surface area (Å²) in [6, 6.07) is 5.41. The number of halogens is 2. The largest absolute Gasteiger partial charge is 0.438 e. The smallest absolute Gasteiger partial charge is 0.281 e. The molecule has 1 amide bonds. The maximum Gasteiger partial charge on any atom is 0.281 e. The molecule has 4 aromatic rings. The van der Waals surface area contributed by atoms with Gasteiger partial charge in [-0.05, 0) is 43.0 Å². The number of anilines is 1. The zero-order chi connectivity index (χ0) is 21.9. The highest BCUT2D eigenvalue weighted by atomic mass is 19.1. The molecule has 1 aliphatic rings. The summed E-state index contributed by atoms with van der Waals surface area (Å²) in [7, 11) is 0. The van der Waals surface area contributed by atoms with Gasteiger partial charge in [-0.15, -0.1) is 0 Å². The number of carbonyl (C=O) groups is 1. The van der Waals surface area contributed by atoms with E-state index in [2.05, 4.69) is 10.3 Å². The number of amides is 1. The summed E-state index contributed by atoms with van der Waals surface area (Å²) in [5, 5.41) is 3.11. The third kappa shape index (κ3) is 2.96. The van der Waals surface area contributed by atoms with E-state index in [4.69, 9.17) is 10.2 Å². The van der Waals surface area contributed by atoms with Crippen LogP contribution >= 0.6 is 0 Å². The fourth-order valence-corrected chi connectivity index (χ4v) is 4.05. The van der Waals surface area contributed by atoms with Gasteiger partial charge in [-0.25, -0.2) is 13.8 Å². The monoisotopic (exact) mass is 424 g/mol. The minimum absolute atomic E-state index is 0.00889. The number of fused-ring (bicyclic) bond motifs is 3. The zero-order valence-electron chi connectivity index (χ0n) is 16.5. The van der Waals surface area contributed by atoms with E-state index in [1.54, 1.807) is 23.6 Å². The van der Waals surface area contributed by atoms with Crippen molar-refractivity contribution in [2.24, 2.45) is 0 Å². The van der Waals surface area contributed by atoms with Gasteiger partial charge in [-0.1, -0.05) is 6.07 Å². The number of oxazole rings is 1. The van der Waals surface area contributed by atoms with Crippen LogP contribution in [0.2, 0.25) is 0 Å². The van der Waals surface area contributed by atoms with Gasteiger partial charge >= 0.3 is 0 Å². The molecule has 3 N–H and O–H groups in total. The first-order chi connectivity index (χ1) is 14.9. The Labute approximate surface area is 174 Å². The van der Waals surface area contributed by atoms with Crippen molar-refractivity contribution < 1.29 is 18.0 Å². The molecule has 0 saturated heterocycles. The van der Waals surface area contributed by atoms with Gasteiger partial charge < -0.3 is 20.0 Å². The second kappa shape index (κ2) is 6.90. The Balaban J connectivity index is 1.84. The van der Waals surface area contributed by atoms with Crippen LogP contribution in [-0.4, -0.2) is 16.0 Å². The van der Waals surface area contributed by atoms with Gasteiger partial charge in [-0.2, -0.15) is 0 Å². The van der Waals surface area contributed by atoms with E-state index in [1.807, 2.05) is 0 Å². The van der Waals surface area contributed by atoms with E-state index in [0.717, 1.165) is 25.0 Å². The highest BCUT2D eigenvalue weighted by Crippen LogP contribution is 2.41. The SMILES string of the molecule is Cc1c(-c2cc(F)c(N)cc2F)ccc2c3oc(CNC=O)nc3c(=O)n(C3CC3)c12. The van der Waals surface area contributed by atoms with Crippen molar-refractivity contribution in [3.8, 4) is 11.1 Å². The van der Waals surface area contributed by atoms with Crippen molar-refractivity contribution in [3.63, 3.8) is 0 Å². The molecule has 1 aliphatic carbocycles. The first-order valence-corrected chi connectivity index (χ1v) is 9.80. The minimum atomic E-state index is -0.714. The Bertz CT molecular complexity index is 1440. The maximum absolute atomic E-state index is 14.6. The number of carbonyl (C=O) groups excluding carboxylic acids is 1. The lowest BCUT2D eigenvalue weighted by Gasteiger charge is -2.16. The lowest BCUT2D eigenvalue weighted by Crippen LogP contribution is -2.21. The molecule has 1 fully saturated rings. The molecule has 0 atom stereocenters. The number of nitrogens with zero attached hydrogens (tertiary/aromatic N) is 2. The standard InChI is InChI=1S/C22H18F2N4O3/c1-10-12(14-6-16(24)17(25)7-15(14)23)4-5-13-20(10)28(11-2-3-11)22(30)19-21(13)31-18(27-19)8-26-9-29/h4-7,9,11H,2-3,8,25H2,1H3,(H,26,29). The van der Waals surface area contributed by atoms with Crippen LogP contribution in [0.5, 0.6) is 0 Å². The van der Waals surface area contributed by atoms with Crippen LogP contribution in [0.1, 0.15) is 30.3 Å². The molecule has 1 saturated carbocycles. The van der Waals surface area contributed by atoms with Gasteiger partial charge in [0, 0.05) is 23.1 Å². The predicted molar refractivity (Wildman–Crippen MR) is 111 cm³/mol. The van der Waals surface area contributed by atoms with Gasteiger partial charge in [0.2, 0.25) is 12.3 Å². The van der Waals surface area contributed by atoms with Crippen molar-refractivity contribution in [3.05, 3.63) is 57.7 Å². The van der Waals surface area contributed by atoms with E-state index in [-0.39, 0.29) is 40.8 Å². The quantitative estimate of drug-likeness (QED) is 0.377. The minimum Gasteiger partial charge on any atom is -0.438 e. The van der Waals surface area contributed by atoms with Crippen molar-refractivity contribution in [2.45, 2.75) is 32.4 Å². The number of hydrogen-bond donors (Lipinski definition) is 2. The molecule has 0 aliphatic heterocycles. The first-order valence-electron chi connectivity index (χ1n) is 9.80. The number of nitrogens with two attached hydrogens (primary N) is 1. The molecule has 31 heavy (non-hydrogen) atoms. The summed E-state index contributed by atoms with van der Waals surface area (Å²) in [6.45, 7) is 1.82. The van der Waals surface area contributed by atoms with Gasteiger partial charge in [0.15, 0.2) is 11.1 Å². The lowest BCUT2D eigenvalue weighted by molar-refractivity contribution is -0.109. The number of aromatic nitrogens is 2. The molecule has 0 spiro atoms. The van der Waals surface area contributed by atoms with Crippen LogP contribution < -0.4 is 16.6 Å². The molecule has 0 radical (unpaired) electrons. The number of pyridine rings is 1.